The zero-order chi connectivity index (χ0) is 20.6. The SMILES string of the molecule is CCOC(=O)C1=C(C)O[C@]2(O)C(=C1)[C@@H]1O[C@H](c3ccccc3)OC[C@H]1O[C@@H]2OC. The topological polar surface area (TPSA) is 92.7 Å². The maximum atomic E-state index is 12.4. The Balaban J connectivity index is 1.71. The highest BCUT2D eigenvalue weighted by molar-refractivity contribution is 5.92. The summed E-state index contributed by atoms with van der Waals surface area (Å²) in [7, 11) is 1.40. The third kappa shape index (κ3) is 3.47. The molecule has 29 heavy (non-hydrogen) atoms. The summed E-state index contributed by atoms with van der Waals surface area (Å²) in [6, 6.07) is 9.45. The number of aliphatic hydroxyl groups is 1. The van der Waals surface area contributed by atoms with Gasteiger partial charge < -0.3 is 33.5 Å². The number of esters is 1. The van der Waals surface area contributed by atoms with Crippen LogP contribution in [0.4, 0.5) is 0 Å². The Bertz CT molecular complexity index is 832. The van der Waals surface area contributed by atoms with Crippen LogP contribution in [0.1, 0.15) is 25.7 Å². The van der Waals surface area contributed by atoms with Gasteiger partial charge in [-0.2, -0.15) is 0 Å². The minimum absolute atomic E-state index is 0.213. The molecule has 0 aromatic heterocycles. The molecule has 5 atom stereocenters. The van der Waals surface area contributed by atoms with Crippen molar-refractivity contribution in [2.45, 2.75) is 44.4 Å². The molecule has 3 aliphatic rings. The van der Waals surface area contributed by atoms with Crippen molar-refractivity contribution in [1.29, 1.82) is 0 Å². The van der Waals surface area contributed by atoms with Crippen LogP contribution in [0.5, 0.6) is 0 Å². The first-order chi connectivity index (χ1) is 14.0. The standard InChI is InChI=1S/C21H24O8/c1-4-25-18(22)14-10-15-17-16(27-20(24-3)21(15,23)29-12(14)2)11-26-19(28-17)13-8-6-5-7-9-13/h5-10,16-17,19-20,23H,4,11H2,1-3H3/t16-,17+,19-,20+,21-/m1/s1. The van der Waals surface area contributed by atoms with E-state index in [0.717, 1.165) is 5.56 Å². The molecule has 0 unspecified atom stereocenters. The van der Waals surface area contributed by atoms with Crippen LogP contribution >= 0.6 is 0 Å². The second kappa shape index (κ2) is 7.89. The fourth-order valence-electron chi connectivity index (χ4n) is 3.75. The first kappa shape index (κ1) is 20.1. The average molecular weight is 404 g/mol. The van der Waals surface area contributed by atoms with Gasteiger partial charge in [-0.15, -0.1) is 0 Å². The minimum atomic E-state index is -1.94. The van der Waals surface area contributed by atoms with Gasteiger partial charge in [-0.05, 0) is 19.9 Å². The highest BCUT2D eigenvalue weighted by Gasteiger charge is 2.58. The fraction of sp³-hybridized carbons (Fsp3) is 0.476. The lowest BCUT2D eigenvalue weighted by atomic mass is 9.88. The highest BCUT2D eigenvalue weighted by atomic mass is 16.8. The molecule has 0 radical (unpaired) electrons. The van der Waals surface area contributed by atoms with Crippen LogP contribution in [-0.2, 0) is 33.2 Å². The Morgan fingerprint density at radius 3 is 2.72 bits per heavy atom. The lowest BCUT2D eigenvalue weighted by Gasteiger charge is -2.50. The van der Waals surface area contributed by atoms with Gasteiger partial charge in [0.1, 0.15) is 18.0 Å². The van der Waals surface area contributed by atoms with Crippen LogP contribution in [-0.4, -0.2) is 55.7 Å². The van der Waals surface area contributed by atoms with Crippen molar-refractivity contribution < 1.29 is 38.3 Å². The molecule has 8 nitrogen and oxygen atoms in total. The van der Waals surface area contributed by atoms with Crippen LogP contribution in [0.25, 0.3) is 0 Å². The first-order valence-corrected chi connectivity index (χ1v) is 9.49. The molecule has 0 saturated carbocycles. The highest BCUT2D eigenvalue weighted by Crippen LogP contribution is 2.45. The molecule has 1 N–H and O–H groups in total. The van der Waals surface area contributed by atoms with E-state index in [1.165, 1.54) is 7.11 Å². The third-order valence-corrected chi connectivity index (χ3v) is 5.13. The number of carbonyl (C=O) groups is 1. The molecular formula is C21H24O8. The van der Waals surface area contributed by atoms with Crippen molar-refractivity contribution in [2.75, 3.05) is 20.3 Å². The smallest absolute Gasteiger partial charge is 0.341 e. The number of fused-ring (bicyclic) bond motifs is 3. The van der Waals surface area contributed by atoms with Crippen molar-refractivity contribution >= 4 is 5.97 Å². The fourth-order valence-corrected chi connectivity index (χ4v) is 3.75. The average Bonchev–Trinajstić information content (AvgIpc) is 2.72. The number of ether oxygens (including phenoxy) is 6. The van der Waals surface area contributed by atoms with E-state index in [2.05, 4.69) is 0 Å². The normalized spacial score (nSPS) is 33.9. The number of methoxy groups -OCH3 is 1. The zero-order valence-electron chi connectivity index (χ0n) is 16.5. The quantitative estimate of drug-likeness (QED) is 0.762. The predicted molar refractivity (Wildman–Crippen MR) is 99.1 cm³/mol. The third-order valence-electron chi connectivity index (χ3n) is 5.13. The molecule has 156 valence electrons. The second-order valence-electron chi connectivity index (χ2n) is 6.96. The van der Waals surface area contributed by atoms with Gasteiger partial charge in [0.2, 0.25) is 6.29 Å². The maximum absolute atomic E-state index is 12.4. The Labute approximate surface area is 168 Å². The zero-order valence-corrected chi connectivity index (χ0v) is 16.5. The number of allylic oxidation sites excluding steroid dienone is 1. The molecule has 3 aliphatic heterocycles. The van der Waals surface area contributed by atoms with Crippen molar-refractivity contribution in [3.8, 4) is 0 Å². The van der Waals surface area contributed by atoms with Gasteiger partial charge in [-0.1, -0.05) is 30.3 Å². The van der Waals surface area contributed by atoms with Gasteiger partial charge in [0.05, 0.1) is 18.8 Å². The largest absolute Gasteiger partial charge is 0.462 e. The summed E-state index contributed by atoms with van der Waals surface area (Å²) in [5.41, 5.74) is 1.38. The van der Waals surface area contributed by atoms with E-state index in [0.29, 0.717) is 5.57 Å². The van der Waals surface area contributed by atoms with E-state index in [1.54, 1.807) is 19.9 Å². The van der Waals surface area contributed by atoms with E-state index in [-0.39, 0.29) is 24.5 Å². The summed E-state index contributed by atoms with van der Waals surface area (Å²) in [4.78, 5) is 12.4. The van der Waals surface area contributed by atoms with Gasteiger partial charge in [0, 0.05) is 18.2 Å². The van der Waals surface area contributed by atoms with Crippen molar-refractivity contribution in [1.82, 2.24) is 0 Å². The summed E-state index contributed by atoms with van der Waals surface area (Å²) < 4.78 is 34.0. The number of hydrogen-bond donors (Lipinski definition) is 1. The summed E-state index contributed by atoms with van der Waals surface area (Å²) in [6.45, 7) is 3.74. The molecule has 2 fully saturated rings. The monoisotopic (exact) mass is 404 g/mol. The number of hydrogen-bond acceptors (Lipinski definition) is 8. The number of rotatable bonds is 4. The van der Waals surface area contributed by atoms with Crippen LogP contribution < -0.4 is 0 Å². The molecule has 0 aliphatic carbocycles. The van der Waals surface area contributed by atoms with Crippen LogP contribution in [0.3, 0.4) is 0 Å². The summed E-state index contributed by atoms with van der Waals surface area (Å²) >= 11 is 0. The van der Waals surface area contributed by atoms with E-state index < -0.39 is 36.5 Å². The molecule has 1 aromatic rings. The predicted octanol–water partition coefficient (Wildman–Crippen LogP) is 1.95. The second-order valence-corrected chi connectivity index (χ2v) is 6.96. The lowest BCUT2D eigenvalue weighted by Crippen LogP contribution is -2.63. The van der Waals surface area contributed by atoms with E-state index >= 15 is 0 Å². The molecule has 2 saturated heterocycles. The van der Waals surface area contributed by atoms with Crippen molar-refractivity contribution in [2.24, 2.45) is 0 Å². The Kier molecular flexibility index (Phi) is 5.46. The number of benzene rings is 1. The molecule has 3 heterocycles. The van der Waals surface area contributed by atoms with E-state index in [4.69, 9.17) is 28.4 Å². The molecule has 4 rings (SSSR count). The molecular weight excluding hydrogens is 380 g/mol. The van der Waals surface area contributed by atoms with Crippen molar-refractivity contribution in [3.05, 3.63) is 58.9 Å². The van der Waals surface area contributed by atoms with Gasteiger partial charge >= 0.3 is 5.97 Å². The Hall–Kier alpha value is -2.23. The minimum Gasteiger partial charge on any atom is -0.462 e. The summed E-state index contributed by atoms with van der Waals surface area (Å²) in [5, 5.41) is 11.3. The molecule has 0 bridgehead atoms. The lowest BCUT2D eigenvalue weighted by molar-refractivity contribution is -0.375. The summed E-state index contributed by atoms with van der Waals surface area (Å²) in [5.74, 6) is -2.26. The molecule has 0 spiro atoms. The Morgan fingerprint density at radius 1 is 1.28 bits per heavy atom. The van der Waals surface area contributed by atoms with Gasteiger partial charge in [-0.25, -0.2) is 4.79 Å². The molecule has 0 amide bonds. The van der Waals surface area contributed by atoms with Gasteiger partial charge in [0.25, 0.3) is 5.79 Å². The first-order valence-electron chi connectivity index (χ1n) is 9.49. The van der Waals surface area contributed by atoms with Crippen LogP contribution in [0, 0.1) is 0 Å². The number of carbonyl (C=O) groups excluding carboxylic acids is 1. The Morgan fingerprint density at radius 2 is 2.03 bits per heavy atom. The molecule has 1 aromatic carbocycles. The van der Waals surface area contributed by atoms with Gasteiger partial charge in [0.15, 0.2) is 6.29 Å². The van der Waals surface area contributed by atoms with Crippen molar-refractivity contribution in [3.63, 3.8) is 0 Å². The van der Waals surface area contributed by atoms with Crippen LogP contribution in [0.2, 0.25) is 0 Å². The van der Waals surface area contributed by atoms with Crippen LogP contribution in [0.15, 0.2) is 53.3 Å². The van der Waals surface area contributed by atoms with E-state index in [9.17, 15) is 9.90 Å². The van der Waals surface area contributed by atoms with Gasteiger partial charge in [-0.3, -0.25) is 0 Å². The summed E-state index contributed by atoms with van der Waals surface area (Å²) in [6.07, 6.45) is -1.46. The van der Waals surface area contributed by atoms with E-state index in [1.807, 2.05) is 30.3 Å². The molecule has 8 heteroatoms. The maximum Gasteiger partial charge on any atom is 0.341 e.